The monoisotopic (exact) mass is 411 g/mol. The van der Waals surface area contributed by atoms with E-state index in [1.807, 2.05) is 4.90 Å². The van der Waals surface area contributed by atoms with Crippen molar-refractivity contribution in [2.45, 2.75) is 44.1 Å². The van der Waals surface area contributed by atoms with Gasteiger partial charge in [-0.1, -0.05) is 11.5 Å². The van der Waals surface area contributed by atoms with Gasteiger partial charge in [0.05, 0.1) is 23.2 Å². The first-order chi connectivity index (χ1) is 14.7. The molecule has 8 nitrogen and oxygen atoms in total. The van der Waals surface area contributed by atoms with Crippen molar-refractivity contribution >= 4 is 11.5 Å². The van der Waals surface area contributed by atoms with E-state index >= 15 is 0 Å². The Morgan fingerprint density at radius 1 is 1.23 bits per heavy atom. The molecule has 0 spiro atoms. The molecule has 4 aromatic rings. The van der Waals surface area contributed by atoms with E-state index < -0.39 is 12.5 Å². The lowest BCUT2D eigenvalue weighted by Gasteiger charge is -2.32. The number of aromatic amines is 1. The van der Waals surface area contributed by atoms with Gasteiger partial charge in [-0.3, -0.25) is 0 Å². The molecule has 154 valence electrons. The highest BCUT2D eigenvalue weighted by Gasteiger charge is 2.37. The van der Waals surface area contributed by atoms with E-state index in [1.165, 1.54) is 17.0 Å². The Balaban J connectivity index is 1.46. The lowest BCUT2D eigenvalue weighted by atomic mass is 9.85. The van der Waals surface area contributed by atoms with E-state index in [0.717, 1.165) is 30.7 Å². The summed E-state index contributed by atoms with van der Waals surface area (Å²) >= 11 is 0. The summed E-state index contributed by atoms with van der Waals surface area (Å²) in [7, 11) is 0. The number of H-pyrrole nitrogens is 1. The summed E-state index contributed by atoms with van der Waals surface area (Å²) in [6, 6.07) is 4.72. The van der Waals surface area contributed by atoms with Crippen molar-refractivity contribution in [3.05, 3.63) is 59.3 Å². The van der Waals surface area contributed by atoms with Crippen LogP contribution in [0.25, 0.3) is 5.52 Å². The molecule has 1 unspecified atom stereocenters. The van der Waals surface area contributed by atoms with Crippen molar-refractivity contribution in [2.24, 2.45) is 0 Å². The van der Waals surface area contributed by atoms with Gasteiger partial charge in [0.15, 0.2) is 0 Å². The first-order valence-corrected chi connectivity index (χ1v) is 10.1. The van der Waals surface area contributed by atoms with Crippen LogP contribution < -0.4 is 4.90 Å². The molecule has 1 aliphatic carbocycles. The zero-order chi connectivity index (χ0) is 20.2. The maximum absolute atomic E-state index is 13.5. The minimum Gasteiger partial charge on any atom is -0.408 e. The van der Waals surface area contributed by atoms with Crippen LogP contribution >= 0.6 is 0 Å². The Morgan fingerprint density at radius 3 is 2.93 bits per heavy atom. The second-order valence-corrected chi connectivity index (χ2v) is 7.83. The number of hydrogen-bond acceptors (Lipinski definition) is 6. The molecule has 0 saturated heterocycles. The number of nitrogens with zero attached hydrogens (tertiary/aromatic N) is 6. The van der Waals surface area contributed by atoms with E-state index in [1.54, 1.807) is 24.7 Å². The highest BCUT2D eigenvalue weighted by Crippen LogP contribution is 2.40. The number of halogens is 2. The van der Waals surface area contributed by atoms with Crippen molar-refractivity contribution in [3.8, 4) is 0 Å². The Labute approximate surface area is 169 Å². The van der Waals surface area contributed by atoms with Gasteiger partial charge >= 0.3 is 6.01 Å². The fourth-order valence-electron chi connectivity index (χ4n) is 4.32. The number of alkyl halides is 2. The van der Waals surface area contributed by atoms with Crippen molar-refractivity contribution in [1.82, 2.24) is 29.8 Å². The second-order valence-electron chi connectivity index (χ2n) is 7.83. The zero-order valence-electron chi connectivity index (χ0n) is 16.0. The number of hydrogen-bond donors (Lipinski definition) is 1. The molecular formula is C20H19F2N7O. The van der Waals surface area contributed by atoms with E-state index in [4.69, 9.17) is 4.42 Å². The van der Waals surface area contributed by atoms with Crippen molar-refractivity contribution in [1.29, 1.82) is 0 Å². The Bertz CT molecular complexity index is 1210. The number of aromatic nitrogens is 6. The molecule has 10 heteroatoms. The van der Waals surface area contributed by atoms with Crippen LogP contribution in [0.5, 0.6) is 0 Å². The number of rotatable bonds is 4. The summed E-state index contributed by atoms with van der Waals surface area (Å²) in [4.78, 5) is 9.65. The average molecular weight is 411 g/mol. The molecule has 1 atom stereocenters. The normalized spacial score (nSPS) is 19.4. The average Bonchev–Trinajstić information content (AvgIpc) is 3.43. The Hall–Kier alpha value is -3.30. The zero-order valence-corrected chi connectivity index (χ0v) is 16.0. The van der Waals surface area contributed by atoms with E-state index in [-0.39, 0.29) is 5.56 Å². The van der Waals surface area contributed by atoms with Gasteiger partial charge in [0.2, 0.25) is 5.89 Å². The third-order valence-electron chi connectivity index (χ3n) is 6.12. The number of fused-ring (bicyclic) bond motifs is 2. The minimum absolute atomic E-state index is 0.0501. The molecule has 2 aliphatic rings. The molecule has 5 heterocycles. The molecular weight excluding hydrogens is 392 g/mol. The quantitative estimate of drug-likeness (QED) is 0.550. The molecule has 1 fully saturated rings. The summed E-state index contributed by atoms with van der Waals surface area (Å²) in [5, 5.41) is 13.1. The van der Waals surface area contributed by atoms with Gasteiger partial charge in [-0.25, -0.2) is 18.3 Å². The number of anilines is 1. The fourth-order valence-corrected chi connectivity index (χ4v) is 4.32. The summed E-state index contributed by atoms with van der Waals surface area (Å²) in [5.74, 6) is 0.997. The van der Waals surface area contributed by atoms with Gasteiger partial charge in [-0.2, -0.15) is 5.10 Å². The minimum atomic E-state index is -2.58. The highest BCUT2D eigenvalue weighted by molar-refractivity contribution is 5.58. The van der Waals surface area contributed by atoms with Crippen LogP contribution in [0.3, 0.4) is 0 Å². The SMILES string of the molecule is FC(F)c1cccn2nc(C3c4nc[nH]c4CCN3c3nnc(C4CCC4)o3)cc12. The van der Waals surface area contributed by atoms with Crippen LogP contribution in [0.2, 0.25) is 0 Å². The Morgan fingerprint density at radius 2 is 2.13 bits per heavy atom. The summed E-state index contributed by atoms with van der Waals surface area (Å²) < 4.78 is 34.5. The van der Waals surface area contributed by atoms with Crippen LogP contribution in [-0.2, 0) is 6.42 Å². The van der Waals surface area contributed by atoms with E-state index in [0.29, 0.717) is 35.6 Å². The van der Waals surface area contributed by atoms with Gasteiger partial charge in [0.25, 0.3) is 6.43 Å². The van der Waals surface area contributed by atoms with Gasteiger partial charge in [0, 0.05) is 36.3 Å². The first-order valence-electron chi connectivity index (χ1n) is 10.1. The summed E-state index contributed by atoms with van der Waals surface area (Å²) in [6.07, 6.45) is 4.79. The van der Waals surface area contributed by atoms with Gasteiger partial charge in [-0.15, -0.1) is 5.10 Å². The largest absolute Gasteiger partial charge is 0.408 e. The summed E-state index contributed by atoms with van der Waals surface area (Å²) in [6.45, 7) is 0.627. The van der Waals surface area contributed by atoms with Crippen molar-refractivity contribution < 1.29 is 13.2 Å². The van der Waals surface area contributed by atoms with Crippen LogP contribution in [0, 0.1) is 0 Å². The van der Waals surface area contributed by atoms with Gasteiger partial charge in [-0.05, 0) is 31.0 Å². The lowest BCUT2D eigenvalue weighted by Crippen LogP contribution is -2.37. The van der Waals surface area contributed by atoms with E-state index in [9.17, 15) is 8.78 Å². The topological polar surface area (TPSA) is 88.1 Å². The number of pyridine rings is 1. The molecule has 1 N–H and O–H groups in total. The number of nitrogens with one attached hydrogen (secondary N) is 1. The molecule has 0 amide bonds. The number of imidazole rings is 1. The molecule has 30 heavy (non-hydrogen) atoms. The van der Waals surface area contributed by atoms with Crippen LogP contribution in [0.1, 0.15) is 66.2 Å². The van der Waals surface area contributed by atoms with Crippen LogP contribution in [0.4, 0.5) is 14.8 Å². The molecule has 0 aromatic carbocycles. The van der Waals surface area contributed by atoms with Gasteiger partial charge < -0.3 is 14.3 Å². The van der Waals surface area contributed by atoms with Crippen LogP contribution in [0.15, 0.2) is 35.1 Å². The highest BCUT2D eigenvalue weighted by atomic mass is 19.3. The lowest BCUT2D eigenvalue weighted by molar-refractivity contribution is 0.152. The van der Waals surface area contributed by atoms with Crippen molar-refractivity contribution in [2.75, 3.05) is 11.4 Å². The second kappa shape index (κ2) is 6.61. The molecule has 4 aromatic heterocycles. The molecule has 1 saturated carbocycles. The van der Waals surface area contributed by atoms with Gasteiger partial charge in [0.1, 0.15) is 6.04 Å². The smallest absolute Gasteiger partial charge is 0.319 e. The van der Waals surface area contributed by atoms with Crippen LogP contribution in [-0.4, -0.2) is 36.3 Å². The maximum Gasteiger partial charge on any atom is 0.319 e. The Kier molecular flexibility index (Phi) is 3.87. The third-order valence-corrected chi connectivity index (χ3v) is 6.12. The van der Waals surface area contributed by atoms with E-state index in [2.05, 4.69) is 25.3 Å². The maximum atomic E-state index is 13.5. The third kappa shape index (κ3) is 2.62. The molecule has 0 radical (unpaired) electrons. The summed E-state index contributed by atoms with van der Waals surface area (Å²) in [5.41, 5.74) is 2.74. The standard InChI is InChI=1S/C20H19F2N7O/c21-18(22)12-5-2-7-29-15(12)9-14(27-29)17-16-13(23-10-24-16)6-8-28(17)20-26-25-19(30-20)11-3-1-4-11/h2,5,7,9-11,17-18H,1,3-4,6,8H2,(H,23,24). The predicted molar refractivity (Wildman–Crippen MR) is 103 cm³/mol. The first kappa shape index (κ1) is 17.5. The molecule has 0 bridgehead atoms. The molecule has 1 aliphatic heterocycles. The fraction of sp³-hybridized carbons (Fsp3) is 0.400. The van der Waals surface area contributed by atoms with Crippen molar-refractivity contribution in [3.63, 3.8) is 0 Å². The predicted octanol–water partition coefficient (Wildman–Crippen LogP) is 3.80. The molecule has 6 rings (SSSR count).